The molecule has 0 aliphatic carbocycles. The Morgan fingerprint density at radius 2 is 1.97 bits per heavy atom. The topological polar surface area (TPSA) is 100 Å². The predicted octanol–water partition coefficient (Wildman–Crippen LogP) is 4.61. The smallest absolute Gasteiger partial charge is 0.263 e. The highest BCUT2D eigenvalue weighted by molar-refractivity contribution is 8.00. The number of anilines is 1. The van der Waals surface area contributed by atoms with Gasteiger partial charge in [-0.05, 0) is 47.8 Å². The van der Waals surface area contributed by atoms with Crippen LogP contribution in [0, 0.1) is 0 Å². The van der Waals surface area contributed by atoms with Crippen molar-refractivity contribution in [2.24, 2.45) is 5.73 Å². The van der Waals surface area contributed by atoms with Crippen molar-refractivity contribution >= 4 is 28.7 Å². The molecule has 11 heteroatoms. The molecular formula is C21H21F2N5O3S. The Morgan fingerprint density at radius 1 is 1.16 bits per heavy atom. The fourth-order valence-electron chi connectivity index (χ4n) is 3.21. The number of methoxy groups -OCH3 is 2. The summed E-state index contributed by atoms with van der Waals surface area (Å²) >= 11 is 1.09. The van der Waals surface area contributed by atoms with Crippen LogP contribution in [0.4, 0.5) is 14.6 Å². The van der Waals surface area contributed by atoms with E-state index in [1.807, 2.05) is 18.3 Å². The Labute approximate surface area is 186 Å². The molecule has 0 atom stereocenters. The first-order chi connectivity index (χ1) is 15.5. The van der Waals surface area contributed by atoms with E-state index < -0.39 is 6.43 Å². The van der Waals surface area contributed by atoms with Crippen molar-refractivity contribution in [3.63, 3.8) is 0 Å². The zero-order valence-electron chi connectivity index (χ0n) is 17.3. The maximum atomic E-state index is 13.1. The number of nitrogens with two attached hydrogens (primary N) is 1. The highest BCUT2D eigenvalue weighted by Gasteiger charge is 2.18. The van der Waals surface area contributed by atoms with Gasteiger partial charge in [-0.15, -0.1) is 0 Å². The maximum Gasteiger partial charge on any atom is 0.263 e. The van der Waals surface area contributed by atoms with E-state index in [-0.39, 0.29) is 5.56 Å². The van der Waals surface area contributed by atoms with Gasteiger partial charge in [0.1, 0.15) is 16.9 Å². The number of benzene rings is 2. The van der Waals surface area contributed by atoms with Crippen LogP contribution in [0.2, 0.25) is 0 Å². The summed E-state index contributed by atoms with van der Waals surface area (Å²) in [6.07, 6.45) is 1.02. The van der Waals surface area contributed by atoms with Gasteiger partial charge in [0, 0.05) is 23.9 Å². The molecule has 0 radical (unpaired) electrons. The van der Waals surface area contributed by atoms with Gasteiger partial charge >= 0.3 is 0 Å². The summed E-state index contributed by atoms with van der Waals surface area (Å²) in [5, 5.41) is 9.01. The fourth-order valence-corrected chi connectivity index (χ4v) is 4.00. The first kappa shape index (κ1) is 21.9. The molecular weight excluding hydrogens is 440 g/mol. The SMILES string of the molecule is COc1ccc(C(F)F)cc1SNc1noc2cc(Cn3cc(CN)cn3)cc(OC)c12. The number of hydrogen-bond acceptors (Lipinski definition) is 8. The number of halogens is 2. The van der Waals surface area contributed by atoms with Crippen LogP contribution in [0.1, 0.15) is 23.1 Å². The van der Waals surface area contributed by atoms with Crippen LogP contribution in [-0.2, 0) is 13.1 Å². The number of alkyl halides is 2. The third-order valence-corrected chi connectivity index (χ3v) is 5.62. The highest BCUT2D eigenvalue weighted by Crippen LogP contribution is 2.38. The zero-order valence-corrected chi connectivity index (χ0v) is 18.2. The van der Waals surface area contributed by atoms with Crippen molar-refractivity contribution in [2.45, 2.75) is 24.4 Å². The lowest BCUT2D eigenvalue weighted by molar-refractivity contribution is 0.151. The molecule has 2 aromatic carbocycles. The summed E-state index contributed by atoms with van der Waals surface area (Å²) < 4.78 is 47.3. The number of rotatable bonds is 9. The Morgan fingerprint density at radius 3 is 2.66 bits per heavy atom. The minimum Gasteiger partial charge on any atom is -0.496 e. The average molecular weight is 461 g/mol. The van der Waals surface area contributed by atoms with Gasteiger partial charge in [-0.1, -0.05) is 5.16 Å². The molecule has 0 saturated carbocycles. The van der Waals surface area contributed by atoms with E-state index in [0.717, 1.165) is 23.1 Å². The number of hydrogen-bond donors (Lipinski definition) is 2. The quantitative estimate of drug-likeness (QED) is 0.349. The molecule has 0 aliphatic rings. The van der Waals surface area contributed by atoms with Crippen molar-refractivity contribution in [1.29, 1.82) is 0 Å². The fraction of sp³-hybridized carbons (Fsp3) is 0.238. The molecule has 4 rings (SSSR count). The van der Waals surface area contributed by atoms with E-state index in [2.05, 4.69) is 15.0 Å². The second-order valence-electron chi connectivity index (χ2n) is 6.87. The van der Waals surface area contributed by atoms with E-state index in [4.69, 9.17) is 19.7 Å². The number of ether oxygens (including phenoxy) is 2. The number of nitrogens with one attached hydrogen (secondary N) is 1. The van der Waals surface area contributed by atoms with Gasteiger partial charge in [-0.25, -0.2) is 8.78 Å². The van der Waals surface area contributed by atoms with Crippen molar-refractivity contribution in [2.75, 3.05) is 18.9 Å². The predicted molar refractivity (Wildman–Crippen MR) is 117 cm³/mol. The van der Waals surface area contributed by atoms with Crippen LogP contribution in [0.3, 0.4) is 0 Å². The largest absolute Gasteiger partial charge is 0.496 e. The first-order valence-electron chi connectivity index (χ1n) is 9.59. The molecule has 3 N–H and O–H groups in total. The average Bonchev–Trinajstić information content (AvgIpc) is 3.43. The van der Waals surface area contributed by atoms with E-state index in [1.165, 1.54) is 25.3 Å². The summed E-state index contributed by atoms with van der Waals surface area (Å²) in [7, 11) is 3.03. The lowest BCUT2D eigenvalue weighted by Crippen LogP contribution is -2.01. The molecule has 8 nitrogen and oxygen atoms in total. The molecule has 0 fully saturated rings. The Balaban J connectivity index is 1.60. The normalized spacial score (nSPS) is 11.3. The van der Waals surface area contributed by atoms with Crippen LogP contribution < -0.4 is 19.9 Å². The van der Waals surface area contributed by atoms with Crippen molar-refractivity contribution in [1.82, 2.24) is 14.9 Å². The van der Waals surface area contributed by atoms with Gasteiger partial charge in [0.05, 0.1) is 31.9 Å². The number of nitrogens with zero attached hydrogens (tertiary/aromatic N) is 3. The van der Waals surface area contributed by atoms with Crippen molar-refractivity contribution in [3.8, 4) is 11.5 Å². The summed E-state index contributed by atoms with van der Waals surface area (Å²) in [6.45, 7) is 0.921. The van der Waals surface area contributed by atoms with Crippen LogP contribution in [-0.4, -0.2) is 29.2 Å². The lowest BCUT2D eigenvalue weighted by atomic mass is 10.1. The molecule has 0 saturated heterocycles. The van der Waals surface area contributed by atoms with Crippen molar-refractivity contribution in [3.05, 3.63) is 59.4 Å². The van der Waals surface area contributed by atoms with E-state index in [0.29, 0.717) is 46.3 Å². The lowest BCUT2D eigenvalue weighted by Gasteiger charge is -2.11. The van der Waals surface area contributed by atoms with Gasteiger partial charge < -0.3 is 24.5 Å². The Kier molecular flexibility index (Phi) is 6.47. The molecule has 4 aromatic rings. The molecule has 0 aliphatic heterocycles. The molecule has 2 heterocycles. The zero-order chi connectivity index (χ0) is 22.7. The molecule has 2 aromatic heterocycles. The molecule has 168 valence electrons. The summed E-state index contributed by atoms with van der Waals surface area (Å²) in [5.41, 5.74) is 7.90. The van der Waals surface area contributed by atoms with E-state index >= 15 is 0 Å². The second-order valence-corrected chi connectivity index (χ2v) is 7.72. The van der Waals surface area contributed by atoms with Gasteiger partial charge in [-0.2, -0.15) is 5.10 Å². The van der Waals surface area contributed by atoms with Gasteiger partial charge in [-0.3, -0.25) is 4.68 Å². The second kappa shape index (κ2) is 9.45. The van der Waals surface area contributed by atoms with E-state index in [1.54, 1.807) is 18.0 Å². The van der Waals surface area contributed by atoms with Crippen LogP contribution in [0.15, 0.2) is 52.1 Å². The van der Waals surface area contributed by atoms with Gasteiger partial charge in [0.25, 0.3) is 6.43 Å². The standard InChI is InChI=1S/C21H21F2N5O3S/c1-29-15-4-3-14(20(22)23)7-18(15)32-27-21-19-16(30-2)5-12(6-17(19)31-26-21)10-28-11-13(8-24)9-25-28/h3-7,9,11,20H,8,10,24H2,1-2H3,(H,26,27). The third kappa shape index (κ3) is 4.48. The number of aromatic nitrogens is 3. The minimum atomic E-state index is -2.58. The van der Waals surface area contributed by atoms with Crippen molar-refractivity contribution < 1.29 is 22.8 Å². The van der Waals surface area contributed by atoms with Gasteiger partial charge in [0.2, 0.25) is 0 Å². The molecule has 0 unspecified atom stereocenters. The van der Waals surface area contributed by atoms with Crippen LogP contribution >= 0.6 is 11.9 Å². The maximum absolute atomic E-state index is 13.1. The Hall–Kier alpha value is -3.31. The summed E-state index contributed by atoms with van der Waals surface area (Å²) in [4.78, 5) is 0.492. The molecule has 0 bridgehead atoms. The number of fused-ring (bicyclic) bond motifs is 1. The highest BCUT2D eigenvalue weighted by atomic mass is 32.2. The van der Waals surface area contributed by atoms with Crippen LogP contribution in [0.25, 0.3) is 11.0 Å². The molecule has 32 heavy (non-hydrogen) atoms. The Bertz CT molecular complexity index is 1230. The summed E-state index contributed by atoms with van der Waals surface area (Å²) in [6, 6.07) is 7.93. The molecule has 0 spiro atoms. The van der Waals surface area contributed by atoms with E-state index in [9.17, 15) is 8.78 Å². The monoisotopic (exact) mass is 461 g/mol. The summed E-state index contributed by atoms with van der Waals surface area (Å²) in [5.74, 6) is 1.42. The van der Waals surface area contributed by atoms with Crippen LogP contribution in [0.5, 0.6) is 11.5 Å². The minimum absolute atomic E-state index is 0.0984. The molecule has 0 amide bonds. The first-order valence-corrected chi connectivity index (χ1v) is 10.4. The van der Waals surface area contributed by atoms with Gasteiger partial charge in [0.15, 0.2) is 11.4 Å². The third-order valence-electron chi connectivity index (χ3n) is 4.78.